The molecule has 3 nitrogen and oxygen atoms in total. The van der Waals surface area contributed by atoms with Crippen molar-refractivity contribution in [1.29, 1.82) is 5.26 Å². The largest absolute Gasteiger partial charge is 0.391 e. The van der Waals surface area contributed by atoms with E-state index in [0.717, 1.165) is 68.6 Å². The first-order valence-corrected chi connectivity index (χ1v) is 14.4. The summed E-state index contributed by atoms with van der Waals surface area (Å²) in [5, 5.41) is 31.1. The monoisotopic (exact) mass is 455 g/mol. The minimum Gasteiger partial charge on any atom is -0.391 e. The van der Waals surface area contributed by atoms with E-state index < -0.39 is 17.1 Å². The van der Waals surface area contributed by atoms with Crippen molar-refractivity contribution in [3.63, 3.8) is 0 Å². The molecule has 10 atom stereocenters. The first-order valence-electron chi connectivity index (χ1n) is 14.4. The normalized spacial score (nSPS) is 49.8. The number of nitrogens with zero attached hydrogens (tertiary/aromatic N) is 1. The Hall–Kier alpha value is -0.590. The van der Waals surface area contributed by atoms with E-state index in [9.17, 15) is 15.5 Å². The molecule has 5 saturated carbocycles. The van der Waals surface area contributed by atoms with Crippen LogP contribution in [0.2, 0.25) is 0 Å². The summed E-state index contributed by atoms with van der Waals surface area (Å²) >= 11 is 0. The molecule has 0 unspecified atom stereocenters. The van der Waals surface area contributed by atoms with Crippen molar-refractivity contribution in [1.82, 2.24) is 0 Å². The van der Waals surface area contributed by atoms with Crippen molar-refractivity contribution in [3.05, 3.63) is 0 Å². The van der Waals surface area contributed by atoms with Gasteiger partial charge in [0.05, 0.1) is 23.2 Å². The van der Waals surface area contributed by atoms with Gasteiger partial charge in [0, 0.05) is 0 Å². The quantitative estimate of drug-likeness (QED) is 0.459. The third-order valence-electron chi connectivity index (χ3n) is 12.8. The van der Waals surface area contributed by atoms with Gasteiger partial charge in [0.2, 0.25) is 0 Å². The second-order valence-corrected chi connectivity index (χ2v) is 14.0. The lowest BCUT2D eigenvalue weighted by molar-refractivity contribution is -0.152. The molecule has 33 heavy (non-hydrogen) atoms. The molecule has 3 heteroatoms. The Morgan fingerprint density at radius 1 is 0.909 bits per heavy atom. The van der Waals surface area contributed by atoms with Crippen molar-refractivity contribution in [2.45, 2.75) is 129 Å². The van der Waals surface area contributed by atoms with Gasteiger partial charge in [0.15, 0.2) is 0 Å². The molecule has 0 amide bonds. The van der Waals surface area contributed by atoms with E-state index in [1.54, 1.807) is 0 Å². The van der Waals surface area contributed by atoms with Crippen LogP contribution in [-0.4, -0.2) is 21.9 Å². The van der Waals surface area contributed by atoms with Crippen molar-refractivity contribution in [2.75, 3.05) is 0 Å². The molecular weight excluding hydrogens is 406 g/mol. The molecule has 2 N–H and O–H groups in total. The average Bonchev–Trinajstić information content (AvgIpc) is 3.53. The Balaban J connectivity index is 1.26. The second-order valence-electron chi connectivity index (χ2n) is 14.0. The van der Waals surface area contributed by atoms with Gasteiger partial charge in [-0.3, -0.25) is 0 Å². The van der Waals surface area contributed by atoms with Crippen LogP contribution in [0.25, 0.3) is 0 Å². The zero-order chi connectivity index (χ0) is 23.6. The summed E-state index contributed by atoms with van der Waals surface area (Å²) in [7, 11) is 0. The molecule has 0 aliphatic heterocycles. The summed E-state index contributed by atoms with van der Waals surface area (Å²) in [5.41, 5.74) is 0.0938. The van der Waals surface area contributed by atoms with Crippen molar-refractivity contribution < 1.29 is 10.2 Å². The highest BCUT2D eigenvalue weighted by molar-refractivity contribution is 5.14. The summed E-state index contributed by atoms with van der Waals surface area (Å²) in [4.78, 5) is 0. The summed E-state index contributed by atoms with van der Waals surface area (Å²) in [6, 6.07) is 2.40. The molecule has 0 aromatic carbocycles. The summed E-state index contributed by atoms with van der Waals surface area (Å²) in [6.45, 7) is 9.84. The molecule has 0 aromatic rings. The van der Waals surface area contributed by atoms with E-state index >= 15 is 0 Å². The smallest absolute Gasteiger partial charge is 0.0833 e. The third kappa shape index (κ3) is 3.72. The van der Waals surface area contributed by atoms with Crippen LogP contribution in [0, 0.1) is 63.1 Å². The highest BCUT2D eigenvalue weighted by Gasteiger charge is 2.61. The fourth-order valence-corrected chi connectivity index (χ4v) is 10.2. The predicted octanol–water partition coefficient (Wildman–Crippen LogP) is 6.87. The zero-order valence-corrected chi connectivity index (χ0v) is 21.8. The van der Waals surface area contributed by atoms with Crippen LogP contribution in [0.3, 0.4) is 0 Å². The first-order chi connectivity index (χ1) is 15.6. The number of fused-ring (bicyclic) bond motifs is 5. The van der Waals surface area contributed by atoms with Gasteiger partial charge in [0.1, 0.15) is 0 Å². The number of hydrogen-bond donors (Lipinski definition) is 2. The van der Waals surface area contributed by atoms with E-state index in [1.807, 2.05) is 0 Å². The fraction of sp³-hybridized carbons (Fsp3) is 0.967. The fourth-order valence-electron chi connectivity index (χ4n) is 10.2. The zero-order valence-electron chi connectivity index (χ0n) is 21.8. The lowest BCUT2D eigenvalue weighted by Crippen LogP contribution is -2.56. The maximum Gasteiger partial charge on any atom is 0.0833 e. The Bertz CT molecular complexity index is 785. The lowest BCUT2D eigenvalue weighted by Gasteiger charge is -2.62. The lowest BCUT2D eigenvalue weighted by atomic mass is 9.43. The van der Waals surface area contributed by atoms with Crippen LogP contribution >= 0.6 is 0 Å². The summed E-state index contributed by atoms with van der Waals surface area (Å²) < 4.78 is 0. The molecule has 0 bridgehead atoms. The van der Waals surface area contributed by atoms with E-state index in [2.05, 4.69) is 33.8 Å². The molecule has 5 aliphatic rings. The average molecular weight is 456 g/mol. The summed E-state index contributed by atoms with van der Waals surface area (Å²) in [5.74, 6) is 4.74. The van der Waals surface area contributed by atoms with E-state index in [-0.39, 0.29) is 0 Å². The minimum absolute atomic E-state index is 0.400. The van der Waals surface area contributed by atoms with E-state index in [0.29, 0.717) is 22.7 Å². The number of aliphatic hydroxyl groups excluding tert-OH is 1. The van der Waals surface area contributed by atoms with Crippen molar-refractivity contribution in [2.24, 2.45) is 51.8 Å². The number of aliphatic hydroxyl groups is 2. The van der Waals surface area contributed by atoms with Crippen LogP contribution in [0.5, 0.6) is 0 Å². The van der Waals surface area contributed by atoms with Crippen LogP contribution in [0.1, 0.15) is 118 Å². The Morgan fingerprint density at radius 2 is 1.64 bits per heavy atom. The van der Waals surface area contributed by atoms with Gasteiger partial charge in [-0.2, -0.15) is 5.26 Å². The molecule has 5 aliphatic carbocycles. The molecule has 0 aromatic heterocycles. The predicted molar refractivity (Wildman–Crippen MR) is 132 cm³/mol. The van der Waals surface area contributed by atoms with Gasteiger partial charge in [-0.15, -0.1) is 0 Å². The molecule has 5 rings (SSSR count). The summed E-state index contributed by atoms with van der Waals surface area (Å²) in [6.07, 6.45) is 15.7. The molecule has 0 radical (unpaired) electrons. The Labute approximate surface area is 202 Å². The molecule has 0 saturated heterocycles. The van der Waals surface area contributed by atoms with Crippen LogP contribution in [0.15, 0.2) is 0 Å². The first kappa shape index (κ1) is 24.1. The molecular formula is C30H49NO2. The molecule has 0 heterocycles. The van der Waals surface area contributed by atoms with Crippen molar-refractivity contribution in [3.8, 4) is 6.07 Å². The number of rotatable bonds is 6. The Kier molecular flexibility index (Phi) is 6.02. The maximum absolute atomic E-state index is 11.0. The molecule has 186 valence electrons. The van der Waals surface area contributed by atoms with Gasteiger partial charge < -0.3 is 10.2 Å². The number of nitriles is 1. The second kappa shape index (κ2) is 8.23. The van der Waals surface area contributed by atoms with Gasteiger partial charge in [-0.05, 0) is 136 Å². The minimum atomic E-state index is -0.422. The van der Waals surface area contributed by atoms with Gasteiger partial charge in [-0.1, -0.05) is 27.7 Å². The number of hydrogen-bond acceptors (Lipinski definition) is 3. The Morgan fingerprint density at radius 3 is 2.30 bits per heavy atom. The highest BCUT2D eigenvalue weighted by atomic mass is 16.3. The van der Waals surface area contributed by atoms with Gasteiger partial charge in [-0.25, -0.2) is 0 Å². The standard InChI is InChI=1S/C30H49NO2/c1-5-30(33)17-14-27(3)21(18-30)7-8-22-24-10-9-23(28(24,4)13-12-25(22)27)20(2)6-11-26(32)29(19-31)15-16-29/h20-26,32-33H,5-18H2,1-4H3/t20-,21+,22+,23-,24+,25+,26-,27+,28-,30+/m1/s1. The SMILES string of the molecule is CC[C@]1(O)CC[C@@]2(C)[C@@H](CC[C@@H]3[C@@H]2CC[C@]2(C)[C@@H]([C@H](C)CC[C@@H](O)C4(C#N)CC4)CC[C@@H]32)C1. The van der Waals surface area contributed by atoms with Crippen LogP contribution < -0.4 is 0 Å². The maximum atomic E-state index is 11.0. The van der Waals surface area contributed by atoms with Gasteiger partial charge >= 0.3 is 0 Å². The van der Waals surface area contributed by atoms with Gasteiger partial charge in [0.25, 0.3) is 0 Å². The molecule has 0 spiro atoms. The van der Waals surface area contributed by atoms with E-state index in [1.165, 1.54) is 44.9 Å². The van der Waals surface area contributed by atoms with Crippen LogP contribution in [0.4, 0.5) is 0 Å². The van der Waals surface area contributed by atoms with Crippen molar-refractivity contribution >= 4 is 0 Å². The topological polar surface area (TPSA) is 64.2 Å². The van der Waals surface area contributed by atoms with E-state index in [4.69, 9.17) is 0 Å². The third-order valence-corrected chi connectivity index (χ3v) is 12.8. The highest BCUT2D eigenvalue weighted by Crippen LogP contribution is 2.69. The molecule has 5 fully saturated rings. The van der Waals surface area contributed by atoms with Crippen LogP contribution in [-0.2, 0) is 0 Å².